The molecular weight excluding hydrogens is 1310 g/mol. The molecule has 12 nitrogen and oxygen atoms in total. The molecule has 2 unspecified atom stereocenters. The number of amidine groups is 1. The largest absolute Gasteiger partial charge is 0.461 e. The second-order valence-electron chi connectivity index (χ2n) is 20.2. The summed E-state index contributed by atoms with van der Waals surface area (Å²) in [6.07, 6.45) is -11.7. The fourth-order valence-electron chi connectivity index (χ4n) is 10.0. The molecule has 4 aromatic carbocycles. The minimum Gasteiger partial charge on any atom is -0.460 e. The van der Waals surface area contributed by atoms with Crippen molar-refractivity contribution in [1.82, 2.24) is 30.2 Å². The Morgan fingerprint density at radius 1 is 0.685 bits per heavy atom. The summed E-state index contributed by atoms with van der Waals surface area (Å²) < 4.78 is 186. The molecule has 2 aliphatic carbocycles. The van der Waals surface area contributed by atoms with Crippen LogP contribution in [0.2, 0.25) is 10.0 Å². The van der Waals surface area contributed by atoms with Gasteiger partial charge in [-0.2, -0.15) is 39.4 Å². The number of alkyl halides is 10. The minimum absolute atomic E-state index is 0.0405. The van der Waals surface area contributed by atoms with E-state index in [1.165, 1.54) is 38.4 Å². The van der Waals surface area contributed by atoms with E-state index in [0.717, 1.165) is 49.1 Å². The second-order valence-corrected chi connectivity index (χ2v) is 23.1. The van der Waals surface area contributed by atoms with Gasteiger partial charge >= 0.3 is 31.1 Å². The normalized spacial score (nSPS) is 18.7. The number of pyridine rings is 2. The number of aliphatic hydroxyl groups excluding tert-OH is 1. The highest BCUT2D eigenvalue weighted by molar-refractivity contribution is 8.18. The molecule has 2 amide bonds. The zero-order valence-corrected chi connectivity index (χ0v) is 51.0. The Morgan fingerprint density at radius 3 is 1.55 bits per heavy atom. The maximum Gasteiger partial charge on any atom is 0.461 e. The number of aliphatic hydroxyl groups is 1. The topological polar surface area (TPSA) is 142 Å². The van der Waals surface area contributed by atoms with Gasteiger partial charge in [0.25, 0.3) is 17.4 Å². The van der Waals surface area contributed by atoms with Crippen molar-refractivity contribution in [3.63, 3.8) is 0 Å². The van der Waals surface area contributed by atoms with Gasteiger partial charge in [0.05, 0.1) is 45.0 Å². The van der Waals surface area contributed by atoms with E-state index >= 15 is 0 Å². The van der Waals surface area contributed by atoms with Crippen LogP contribution in [-0.2, 0) is 28.7 Å². The number of hydrogen-bond donors (Lipinski definition) is 4. The number of aliphatic imine (C=N–C) groups is 1. The van der Waals surface area contributed by atoms with Crippen molar-refractivity contribution in [2.45, 2.75) is 126 Å². The van der Waals surface area contributed by atoms with Gasteiger partial charge in [0.15, 0.2) is 0 Å². The first-order valence-corrected chi connectivity index (χ1v) is 30.4. The van der Waals surface area contributed by atoms with E-state index in [4.69, 9.17) is 51.1 Å². The smallest absolute Gasteiger partial charge is 0.460 e. The van der Waals surface area contributed by atoms with E-state index in [9.17, 15) is 65.5 Å². The van der Waals surface area contributed by atoms with Gasteiger partial charge in [-0.3, -0.25) is 9.97 Å². The summed E-state index contributed by atoms with van der Waals surface area (Å²) in [6, 6.07) is 28.0. The first kappa shape index (κ1) is 71.9. The third-order valence-electron chi connectivity index (χ3n) is 14.1. The lowest BCUT2D eigenvalue weighted by atomic mass is 9.80. The molecule has 2 saturated carbocycles. The maximum absolute atomic E-state index is 14.9. The van der Waals surface area contributed by atoms with Crippen LogP contribution in [-0.4, -0.2) is 99.2 Å². The molecule has 4 N–H and O–H groups in total. The predicted octanol–water partition coefficient (Wildman–Crippen LogP) is 16.4. The lowest BCUT2D eigenvalue weighted by Gasteiger charge is -2.36. The van der Waals surface area contributed by atoms with Crippen LogP contribution in [0.5, 0.6) is 11.5 Å². The monoisotopic (exact) mass is 1370 g/mol. The molecule has 486 valence electrons. The number of urea groups is 1. The number of ether oxygens (including phenoxy) is 3. The molecule has 2 aromatic heterocycles. The Bertz CT molecular complexity index is 3230. The van der Waals surface area contributed by atoms with Gasteiger partial charge in [0.2, 0.25) is 0 Å². The highest BCUT2D eigenvalue weighted by Crippen LogP contribution is 2.56. The van der Waals surface area contributed by atoms with Gasteiger partial charge in [-0.15, -0.1) is 34.9 Å². The van der Waals surface area contributed by atoms with Crippen molar-refractivity contribution < 1.29 is 79.7 Å². The third kappa shape index (κ3) is 19.9. The first-order chi connectivity index (χ1) is 42.1. The summed E-state index contributed by atoms with van der Waals surface area (Å²) in [4.78, 5) is 26.8. The molecule has 30 heteroatoms. The lowest BCUT2D eigenvalue weighted by Crippen LogP contribution is -2.55. The molecule has 9 rings (SSSR count). The molecule has 0 saturated heterocycles. The number of rotatable bonds is 20. The zero-order valence-electron chi connectivity index (χ0n) is 47.1. The molecule has 3 aliphatic rings. The Morgan fingerprint density at radius 2 is 1.15 bits per heavy atom. The Labute approximate surface area is 526 Å². The second kappa shape index (κ2) is 32.2. The lowest BCUT2D eigenvalue weighted by molar-refractivity contribution is -0.253. The molecule has 6 aromatic rings. The van der Waals surface area contributed by atoms with Crippen LogP contribution >= 0.6 is 57.8 Å². The van der Waals surface area contributed by atoms with Crippen LogP contribution in [0, 0.1) is 11.6 Å². The zero-order chi connectivity index (χ0) is 65.3. The van der Waals surface area contributed by atoms with Crippen LogP contribution in [0.25, 0.3) is 0 Å². The number of carbonyl (C=O) groups is 1. The van der Waals surface area contributed by atoms with Crippen molar-refractivity contribution in [2.24, 2.45) is 4.99 Å². The molecule has 0 radical (unpaired) electrons. The number of nitrogens with one attached hydrogen (secondary N) is 3. The van der Waals surface area contributed by atoms with Crippen LogP contribution in [0.3, 0.4) is 0 Å². The number of aromatic nitrogens is 2. The maximum atomic E-state index is 14.9. The van der Waals surface area contributed by atoms with Gasteiger partial charge in [0, 0.05) is 50.5 Å². The van der Waals surface area contributed by atoms with E-state index in [0.29, 0.717) is 52.0 Å². The highest BCUT2D eigenvalue weighted by atomic mass is 35.5. The van der Waals surface area contributed by atoms with Crippen molar-refractivity contribution in [3.05, 3.63) is 189 Å². The molecular formula is C59H60Cl4F13N7O5S. The molecule has 1 aliphatic heterocycles. The molecule has 0 bridgehead atoms. The number of halogens is 17. The molecule has 6 atom stereocenters. The summed E-state index contributed by atoms with van der Waals surface area (Å²) >= 11 is 16.7. The van der Waals surface area contributed by atoms with Crippen molar-refractivity contribution in [1.29, 1.82) is 0 Å². The number of benzene rings is 4. The van der Waals surface area contributed by atoms with Crippen molar-refractivity contribution in [3.8, 4) is 11.5 Å². The quantitative estimate of drug-likeness (QED) is 0.0434. The summed E-state index contributed by atoms with van der Waals surface area (Å²) in [5.41, 5.74) is -1.28. The van der Waals surface area contributed by atoms with Crippen LogP contribution < -0.4 is 25.4 Å². The number of carbonyl (C=O) groups excluding carboxylic acids is 1. The van der Waals surface area contributed by atoms with Gasteiger partial charge < -0.3 is 35.3 Å². The molecule has 0 spiro atoms. The van der Waals surface area contributed by atoms with Gasteiger partial charge in [-0.25, -0.2) is 18.6 Å². The number of nitrogens with zero attached hydrogens (tertiary/aromatic N) is 4. The molecule has 89 heavy (non-hydrogen) atoms. The first-order valence-electron chi connectivity index (χ1n) is 27.3. The molecule has 3 heterocycles. The minimum atomic E-state index is -4.93. The van der Waals surface area contributed by atoms with Crippen LogP contribution in [0.4, 0.5) is 60.4 Å². The summed E-state index contributed by atoms with van der Waals surface area (Å²) in [6.45, 7) is 3.14. The van der Waals surface area contributed by atoms with Crippen molar-refractivity contribution in [2.75, 3.05) is 18.4 Å². The van der Waals surface area contributed by atoms with E-state index < -0.39 is 88.8 Å². The van der Waals surface area contributed by atoms with E-state index in [1.54, 1.807) is 42.5 Å². The van der Waals surface area contributed by atoms with E-state index in [-0.39, 0.29) is 71.3 Å². The van der Waals surface area contributed by atoms with Gasteiger partial charge in [0.1, 0.15) is 40.3 Å². The Hall–Kier alpha value is -6.16. The summed E-state index contributed by atoms with van der Waals surface area (Å²) in [7, 11) is 0. The highest BCUT2D eigenvalue weighted by Gasteiger charge is 2.48. The summed E-state index contributed by atoms with van der Waals surface area (Å²) in [5.74, 6) is -3.70. The van der Waals surface area contributed by atoms with Gasteiger partial charge in [-0.05, 0) is 109 Å². The van der Waals surface area contributed by atoms with Crippen LogP contribution in [0.1, 0.15) is 86.0 Å². The van der Waals surface area contributed by atoms with Gasteiger partial charge in [-0.1, -0.05) is 97.7 Å². The number of amides is 2. The van der Waals surface area contributed by atoms with Crippen LogP contribution in [0.15, 0.2) is 139 Å². The Balaban J connectivity index is 0.000000240. The van der Waals surface area contributed by atoms with E-state index in [2.05, 4.69) is 40.4 Å². The fraction of sp³-hybridized carbons (Fsp3) is 0.390. The van der Waals surface area contributed by atoms with Crippen molar-refractivity contribution >= 4 is 69.8 Å². The SMILES string of the molecule is CCN(CC)S(F)(F)F.ClCCl.Fc1cc(OC(F)(F)C(F)F)cc([C@](Cc2ccccc2)(NC2=NC3CCC[C@@H]3O2)c2ccc(Cl)cn2)c1.O=C(NC1CCC[C@H]1O)N[C@@](Cc1ccccc1)(c1cc(F)cc(OC(F)(F)C(F)F)c1)c1ccc(Cl)cn1. The third-order valence-corrected chi connectivity index (χ3v) is 15.7. The Kier molecular flexibility index (Phi) is 26.0. The molecule has 2 fully saturated rings. The average molecular weight is 1370 g/mol. The van der Waals surface area contributed by atoms with E-state index in [1.807, 2.05) is 30.3 Å². The standard InChI is InChI=1S/C27H25ClF5N3O3.C27H23ClF5N3O2.C4H10F3NS.CH2Cl2/c28-18-9-10-23(34-15-18)26(14-16-5-2-1-3-6-16,36-25(38)35-21-7-4-8-22(21)37)17-11-19(29)13-20(12-17)39-27(32,33)24(30)31;28-18-9-10-23(34-15-18)26(14-16-5-2-1-3-6-16,36-25-35-21-7-4-8-22(21)37-25)17-11-19(29)13-20(12-17)38-27(32,33)24(30)31;1-3-8(4-2)9(5,6)7;2-1-3/h1-3,5-6,9-13,15,21-22,24,37H,4,7-8,14H2,(H2,35,36,38);1-3,5-6,9-13,15,21-22,24H,4,7-8,14H2,(H,35,36);3-4H2,1-2H3;1H2/t21?,22-,26+;21?,22-,26-;;/m10../s1. The average Bonchev–Trinajstić information content (AvgIpc) is 1.40. The predicted molar refractivity (Wildman–Crippen MR) is 315 cm³/mol. The number of hydrogen-bond acceptors (Lipinski definition) is 10. The summed E-state index contributed by atoms with van der Waals surface area (Å²) in [5, 5.41) is 19.7. The fourth-order valence-corrected chi connectivity index (χ4v) is 10.8. The number of fused-ring (bicyclic) bond motifs is 1.